The first-order valence-electron chi connectivity index (χ1n) is 7.37. The van der Waals surface area contributed by atoms with Crippen molar-refractivity contribution in [3.63, 3.8) is 0 Å². The third-order valence-electron chi connectivity index (χ3n) is 3.52. The quantitative estimate of drug-likeness (QED) is 0.616. The maximum atomic E-state index is 10.7. The van der Waals surface area contributed by atoms with E-state index in [0.29, 0.717) is 0 Å². The molecular weight excluding hydrogens is 307 g/mol. The van der Waals surface area contributed by atoms with Crippen LogP contribution in [0.15, 0.2) is 0 Å². The Hall–Kier alpha value is -0.340. The number of halogens is 3. The molecule has 0 aliphatic carbocycles. The molecule has 0 unspecified atom stereocenters. The SMILES string of the molecule is CCCCN1CCC(CCC)CC1.O=S(=O)(O)C(F)(F)F. The number of unbranched alkanes of at least 4 members (excludes halogenated alkanes) is 1. The summed E-state index contributed by atoms with van der Waals surface area (Å²) in [6, 6.07) is 0. The van der Waals surface area contributed by atoms with Gasteiger partial charge in [0.1, 0.15) is 0 Å². The molecule has 4 nitrogen and oxygen atoms in total. The molecular formula is C13H26F3NO3S. The van der Waals surface area contributed by atoms with E-state index < -0.39 is 15.6 Å². The van der Waals surface area contributed by atoms with E-state index in [4.69, 9.17) is 13.0 Å². The van der Waals surface area contributed by atoms with Gasteiger partial charge in [0.2, 0.25) is 0 Å². The molecule has 0 spiro atoms. The molecule has 1 aliphatic heterocycles. The van der Waals surface area contributed by atoms with Crippen LogP contribution >= 0.6 is 0 Å². The zero-order valence-corrected chi connectivity index (χ0v) is 13.5. The highest BCUT2D eigenvalue weighted by Crippen LogP contribution is 2.21. The van der Waals surface area contributed by atoms with Gasteiger partial charge in [-0.05, 0) is 44.8 Å². The Morgan fingerprint density at radius 3 is 1.95 bits per heavy atom. The Bertz CT molecular complexity index is 363. The number of hydrogen-bond donors (Lipinski definition) is 1. The standard InChI is InChI=1S/C12H25N.CHF3O3S/c1-3-5-9-13-10-7-12(6-4-2)8-11-13;2-1(3,4)8(5,6)7/h12H,3-11H2,1-2H3;(H,5,6,7). The first kappa shape index (κ1) is 20.7. The van der Waals surface area contributed by atoms with E-state index in [1.54, 1.807) is 0 Å². The average molecular weight is 333 g/mol. The number of nitrogens with zero attached hydrogens (tertiary/aromatic N) is 1. The summed E-state index contributed by atoms with van der Waals surface area (Å²) < 4.78 is 57.5. The molecule has 0 aromatic heterocycles. The third-order valence-corrected chi connectivity index (χ3v) is 4.11. The van der Waals surface area contributed by atoms with Gasteiger partial charge in [0, 0.05) is 0 Å². The minimum atomic E-state index is -5.84. The van der Waals surface area contributed by atoms with Crippen molar-refractivity contribution in [1.82, 2.24) is 4.90 Å². The van der Waals surface area contributed by atoms with Crippen molar-refractivity contribution in [2.24, 2.45) is 5.92 Å². The van der Waals surface area contributed by atoms with Crippen LogP contribution in [0.5, 0.6) is 0 Å². The predicted molar refractivity (Wildman–Crippen MR) is 76.6 cm³/mol. The molecule has 1 N–H and O–H groups in total. The Kier molecular flexibility index (Phi) is 9.48. The smallest absolute Gasteiger partial charge is 0.303 e. The lowest BCUT2D eigenvalue weighted by molar-refractivity contribution is -0.0510. The van der Waals surface area contributed by atoms with E-state index in [1.165, 1.54) is 58.2 Å². The number of likely N-dealkylation sites (tertiary alicyclic amines) is 1. The first-order chi connectivity index (χ1) is 9.61. The second-order valence-electron chi connectivity index (χ2n) is 5.35. The molecule has 8 heteroatoms. The molecule has 128 valence electrons. The van der Waals surface area contributed by atoms with E-state index in [2.05, 4.69) is 18.7 Å². The van der Waals surface area contributed by atoms with Crippen LogP contribution in [0.2, 0.25) is 0 Å². The van der Waals surface area contributed by atoms with E-state index in [9.17, 15) is 13.2 Å². The van der Waals surface area contributed by atoms with Gasteiger partial charge in [0.05, 0.1) is 0 Å². The molecule has 1 rings (SSSR count). The maximum Gasteiger partial charge on any atom is 0.522 e. The first-order valence-corrected chi connectivity index (χ1v) is 8.81. The predicted octanol–water partition coefficient (Wildman–Crippen LogP) is 3.69. The minimum absolute atomic E-state index is 1.04. The zero-order valence-electron chi connectivity index (χ0n) is 12.7. The Labute approximate surface area is 125 Å². The van der Waals surface area contributed by atoms with Gasteiger partial charge in [0.15, 0.2) is 0 Å². The molecule has 1 fully saturated rings. The van der Waals surface area contributed by atoms with Crippen molar-refractivity contribution in [2.45, 2.75) is 57.9 Å². The molecule has 0 aromatic carbocycles. The third kappa shape index (κ3) is 9.31. The summed E-state index contributed by atoms with van der Waals surface area (Å²) >= 11 is 0. The van der Waals surface area contributed by atoms with Crippen LogP contribution in [0, 0.1) is 5.92 Å². The van der Waals surface area contributed by atoms with E-state index >= 15 is 0 Å². The molecule has 0 aromatic rings. The van der Waals surface area contributed by atoms with Gasteiger partial charge in [0.25, 0.3) is 0 Å². The number of alkyl halides is 3. The number of hydrogen-bond acceptors (Lipinski definition) is 3. The lowest BCUT2D eigenvalue weighted by Gasteiger charge is -2.31. The fraction of sp³-hybridized carbons (Fsp3) is 1.00. The molecule has 0 atom stereocenters. The van der Waals surface area contributed by atoms with Gasteiger partial charge in [-0.25, -0.2) is 0 Å². The van der Waals surface area contributed by atoms with Crippen LogP contribution in [0.1, 0.15) is 52.4 Å². The zero-order chi connectivity index (χ0) is 16.5. The van der Waals surface area contributed by atoms with Crippen LogP contribution in [0.25, 0.3) is 0 Å². The minimum Gasteiger partial charge on any atom is -0.303 e. The highest BCUT2D eigenvalue weighted by atomic mass is 32.2. The van der Waals surface area contributed by atoms with Crippen LogP contribution < -0.4 is 0 Å². The van der Waals surface area contributed by atoms with Crippen LogP contribution in [0.3, 0.4) is 0 Å². The van der Waals surface area contributed by atoms with Gasteiger partial charge < -0.3 is 4.90 Å². The Morgan fingerprint density at radius 1 is 1.14 bits per heavy atom. The summed E-state index contributed by atoms with van der Waals surface area (Å²) in [5.74, 6) is 1.04. The van der Waals surface area contributed by atoms with Crippen molar-refractivity contribution < 1.29 is 26.1 Å². The molecule has 1 heterocycles. The van der Waals surface area contributed by atoms with Gasteiger partial charge in [-0.2, -0.15) is 21.6 Å². The highest BCUT2D eigenvalue weighted by Gasteiger charge is 2.44. The van der Waals surface area contributed by atoms with Crippen molar-refractivity contribution >= 4 is 10.1 Å². The van der Waals surface area contributed by atoms with E-state index in [1.807, 2.05) is 0 Å². The van der Waals surface area contributed by atoms with E-state index in [0.717, 1.165) is 5.92 Å². The number of rotatable bonds is 5. The summed E-state index contributed by atoms with van der Waals surface area (Å²) in [5.41, 5.74) is -5.53. The second-order valence-corrected chi connectivity index (χ2v) is 6.76. The molecule has 0 bridgehead atoms. The van der Waals surface area contributed by atoms with E-state index in [-0.39, 0.29) is 0 Å². The average Bonchev–Trinajstić information content (AvgIpc) is 2.37. The van der Waals surface area contributed by atoms with Crippen molar-refractivity contribution in [1.29, 1.82) is 0 Å². The van der Waals surface area contributed by atoms with Gasteiger partial charge in [-0.3, -0.25) is 4.55 Å². The van der Waals surface area contributed by atoms with Crippen molar-refractivity contribution in [3.05, 3.63) is 0 Å². The molecule has 1 saturated heterocycles. The largest absolute Gasteiger partial charge is 0.522 e. The second kappa shape index (κ2) is 9.63. The van der Waals surface area contributed by atoms with Gasteiger partial charge in [-0.15, -0.1) is 0 Å². The summed E-state index contributed by atoms with van der Waals surface area (Å²) in [5, 5.41) is 0. The van der Waals surface area contributed by atoms with Crippen molar-refractivity contribution in [2.75, 3.05) is 19.6 Å². The maximum absolute atomic E-state index is 10.7. The topological polar surface area (TPSA) is 57.6 Å². The summed E-state index contributed by atoms with van der Waals surface area (Å²) in [6.45, 7) is 8.66. The summed E-state index contributed by atoms with van der Waals surface area (Å²) in [4.78, 5) is 2.65. The van der Waals surface area contributed by atoms with Crippen LogP contribution in [0.4, 0.5) is 13.2 Å². The van der Waals surface area contributed by atoms with Crippen LogP contribution in [-0.2, 0) is 10.1 Å². The molecule has 1 aliphatic rings. The normalized spacial score (nSPS) is 18.2. The number of piperidine rings is 1. The summed E-state index contributed by atoms with van der Waals surface area (Å²) in [7, 11) is -5.84. The van der Waals surface area contributed by atoms with Gasteiger partial charge >= 0.3 is 15.6 Å². The molecule has 21 heavy (non-hydrogen) atoms. The fourth-order valence-corrected chi connectivity index (χ4v) is 2.29. The Morgan fingerprint density at radius 2 is 1.62 bits per heavy atom. The van der Waals surface area contributed by atoms with Crippen molar-refractivity contribution in [3.8, 4) is 0 Å². The molecule has 0 amide bonds. The van der Waals surface area contributed by atoms with Crippen LogP contribution in [-0.4, -0.2) is 43.0 Å². The summed E-state index contributed by atoms with van der Waals surface area (Å²) in [6.07, 6.45) is 8.48. The fourth-order valence-electron chi connectivity index (χ4n) is 2.29. The lowest BCUT2D eigenvalue weighted by Crippen LogP contribution is -2.34. The van der Waals surface area contributed by atoms with Gasteiger partial charge in [-0.1, -0.05) is 33.1 Å². The monoisotopic (exact) mass is 333 g/mol. The molecule has 0 radical (unpaired) electrons. The molecule has 0 saturated carbocycles. The lowest BCUT2D eigenvalue weighted by atomic mass is 9.92. The highest BCUT2D eigenvalue weighted by molar-refractivity contribution is 7.86. The Balaban J connectivity index is 0.000000433.